The molecule has 2 aromatic carbocycles. The zero-order chi connectivity index (χ0) is 23.2. The van der Waals surface area contributed by atoms with Crippen molar-refractivity contribution < 1.29 is 17.9 Å². The molecule has 0 radical (unpaired) electrons. The largest absolute Gasteiger partial charge is 0.491 e. The molecular formula is C24H28N4O4S. The number of sulfone groups is 1. The summed E-state index contributed by atoms with van der Waals surface area (Å²) in [5.74, 6) is 1.68. The lowest BCUT2D eigenvalue weighted by Gasteiger charge is -2.34. The zero-order valence-corrected chi connectivity index (χ0v) is 19.7. The Bertz CT molecular complexity index is 1310. The van der Waals surface area contributed by atoms with Crippen molar-refractivity contribution in [2.45, 2.75) is 31.6 Å². The first kappa shape index (κ1) is 21.8. The number of fused-ring (bicyclic) bond motifs is 2. The molecular weight excluding hydrogens is 440 g/mol. The molecule has 8 nitrogen and oxygen atoms in total. The van der Waals surface area contributed by atoms with Crippen molar-refractivity contribution in [1.82, 2.24) is 19.8 Å². The highest BCUT2D eigenvalue weighted by Crippen LogP contribution is 2.31. The van der Waals surface area contributed by atoms with Crippen molar-refractivity contribution in [1.29, 1.82) is 0 Å². The Labute approximate surface area is 193 Å². The molecule has 9 heteroatoms. The van der Waals surface area contributed by atoms with E-state index in [-0.39, 0.29) is 11.3 Å². The van der Waals surface area contributed by atoms with Crippen LogP contribution in [0.2, 0.25) is 0 Å². The lowest BCUT2D eigenvalue weighted by atomic mass is 10.0. The number of nitrogens with one attached hydrogen (secondary N) is 1. The summed E-state index contributed by atoms with van der Waals surface area (Å²) in [7, 11) is -3.07. The number of rotatable bonds is 2. The number of benzene rings is 2. The summed E-state index contributed by atoms with van der Waals surface area (Å²) in [6.07, 6.45) is 2.26. The number of carbonyl (C=O) groups is 1. The topological polar surface area (TPSA) is 95.6 Å². The average molecular weight is 469 g/mol. The Kier molecular flexibility index (Phi) is 5.52. The molecule has 3 heterocycles. The van der Waals surface area contributed by atoms with E-state index >= 15 is 0 Å². The van der Waals surface area contributed by atoms with Crippen LogP contribution in [-0.4, -0.2) is 72.0 Å². The monoisotopic (exact) mass is 468 g/mol. The van der Waals surface area contributed by atoms with Gasteiger partial charge in [-0.25, -0.2) is 18.2 Å². The predicted octanol–water partition coefficient (Wildman–Crippen LogP) is 3.36. The van der Waals surface area contributed by atoms with Gasteiger partial charge in [-0.2, -0.15) is 0 Å². The van der Waals surface area contributed by atoms with Crippen molar-refractivity contribution in [2.75, 3.05) is 32.5 Å². The first-order valence-corrected chi connectivity index (χ1v) is 13.2. The molecule has 2 aliphatic heterocycles. The third-order valence-corrected chi connectivity index (χ3v) is 8.25. The summed E-state index contributed by atoms with van der Waals surface area (Å²) in [6, 6.07) is 12.2. The summed E-state index contributed by atoms with van der Waals surface area (Å²) >= 11 is 0. The van der Waals surface area contributed by atoms with Gasteiger partial charge >= 0.3 is 6.03 Å². The number of H-pyrrole nitrogens is 1. The first-order chi connectivity index (χ1) is 15.8. The maximum atomic E-state index is 13.2. The van der Waals surface area contributed by atoms with Gasteiger partial charge in [0.1, 0.15) is 28.0 Å². The number of carbonyl (C=O) groups excluding carboxylic acids is 1. The second-order valence-electron chi connectivity index (χ2n) is 8.95. The summed E-state index contributed by atoms with van der Waals surface area (Å²) in [4.78, 5) is 24.5. The molecule has 0 aliphatic carbocycles. The van der Waals surface area contributed by atoms with Crippen molar-refractivity contribution in [3.8, 4) is 16.9 Å². The van der Waals surface area contributed by atoms with Crippen LogP contribution < -0.4 is 4.74 Å². The van der Waals surface area contributed by atoms with Gasteiger partial charge in [0.2, 0.25) is 0 Å². The van der Waals surface area contributed by atoms with E-state index in [2.05, 4.69) is 28.2 Å². The number of amides is 2. The van der Waals surface area contributed by atoms with E-state index in [0.29, 0.717) is 45.6 Å². The maximum absolute atomic E-state index is 13.2. The molecule has 1 aromatic heterocycles. The van der Waals surface area contributed by atoms with Crippen molar-refractivity contribution in [3.63, 3.8) is 0 Å². The minimum atomic E-state index is -3.07. The summed E-state index contributed by atoms with van der Waals surface area (Å²) < 4.78 is 29.6. The summed E-state index contributed by atoms with van der Waals surface area (Å²) in [5.41, 5.74) is 5.01. The number of aromatic amines is 1. The molecule has 5 rings (SSSR count). The number of aromatic nitrogens is 2. The van der Waals surface area contributed by atoms with Crippen LogP contribution in [0.3, 0.4) is 0 Å². The van der Waals surface area contributed by atoms with Gasteiger partial charge in [-0.1, -0.05) is 12.1 Å². The lowest BCUT2D eigenvalue weighted by Crippen LogP contribution is -2.48. The highest BCUT2D eigenvalue weighted by Gasteiger charge is 2.31. The number of aryl methyl sites for hydroxylation is 1. The van der Waals surface area contributed by atoms with E-state index in [1.54, 1.807) is 9.80 Å². The average Bonchev–Trinajstić information content (AvgIpc) is 3.03. The quantitative estimate of drug-likeness (QED) is 0.622. The van der Waals surface area contributed by atoms with Gasteiger partial charge in [-0.05, 0) is 55.2 Å². The molecule has 0 spiro atoms. The Morgan fingerprint density at radius 2 is 1.79 bits per heavy atom. The van der Waals surface area contributed by atoms with Gasteiger partial charge in [0.05, 0.1) is 29.4 Å². The van der Waals surface area contributed by atoms with Crippen LogP contribution in [0.5, 0.6) is 5.75 Å². The number of nitrogens with zero attached hydrogens (tertiary/aromatic N) is 3. The number of piperidine rings is 1. The SMILES string of the molecule is Cc1nc2ccc(-c3ccc4c(c3)CN(C(=O)N3CCC(S(C)(=O)=O)CC3)CCO4)cc2[nH]1. The number of hydrogen-bond donors (Lipinski definition) is 1. The van der Waals surface area contributed by atoms with Gasteiger partial charge in [0.15, 0.2) is 0 Å². The molecule has 1 fully saturated rings. The van der Waals surface area contributed by atoms with Crippen LogP contribution in [0.15, 0.2) is 36.4 Å². The molecule has 1 N–H and O–H groups in total. The molecule has 33 heavy (non-hydrogen) atoms. The third-order valence-electron chi connectivity index (χ3n) is 6.56. The van der Waals surface area contributed by atoms with Crippen molar-refractivity contribution in [3.05, 3.63) is 47.8 Å². The van der Waals surface area contributed by atoms with Crippen LogP contribution >= 0.6 is 0 Å². The van der Waals surface area contributed by atoms with E-state index in [0.717, 1.165) is 39.3 Å². The predicted molar refractivity (Wildman–Crippen MR) is 127 cm³/mol. The van der Waals surface area contributed by atoms with Crippen LogP contribution in [0, 0.1) is 6.92 Å². The van der Waals surface area contributed by atoms with E-state index in [1.807, 2.05) is 25.1 Å². The second kappa shape index (κ2) is 8.37. The number of ether oxygens (including phenoxy) is 1. The summed E-state index contributed by atoms with van der Waals surface area (Å²) in [6.45, 7) is 4.24. The van der Waals surface area contributed by atoms with Gasteiger partial charge in [0.25, 0.3) is 0 Å². The fourth-order valence-corrected chi connectivity index (χ4v) is 5.80. The van der Waals surface area contributed by atoms with Crippen LogP contribution in [0.1, 0.15) is 24.2 Å². The number of likely N-dealkylation sites (tertiary alicyclic amines) is 1. The molecule has 2 aliphatic rings. The molecule has 0 bridgehead atoms. The maximum Gasteiger partial charge on any atom is 0.320 e. The van der Waals surface area contributed by atoms with Gasteiger partial charge in [-0.15, -0.1) is 0 Å². The summed E-state index contributed by atoms with van der Waals surface area (Å²) in [5, 5.41) is -0.353. The molecule has 0 unspecified atom stereocenters. The van der Waals surface area contributed by atoms with Gasteiger partial charge < -0.3 is 19.5 Å². The van der Waals surface area contributed by atoms with Crippen LogP contribution in [-0.2, 0) is 16.4 Å². The minimum Gasteiger partial charge on any atom is -0.491 e. The minimum absolute atomic E-state index is 0.0573. The molecule has 0 saturated carbocycles. The smallest absolute Gasteiger partial charge is 0.320 e. The molecule has 3 aromatic rings. The highest BCUT2D eigenvalue weighted by atomic mass is 32.2. The molecule has 0 atom stereocenters. The Balaban J connectivity index is 1.35. The van der Waals surface area contributed by atoms with E-state index < -0.39 is 9.84 Å². The Morgan fingerprint density at radius 1 is 1.06 bits per heavy atom. The highest BCUT2D eigenvalue weighted by molar-refractivity contribution is 7.91. The fraction of sp³-hybridized carbons (Fsp3) is 0.417. The van der Waals surface area contributed by atoms with Crippen molar-refractivity contribution >= 4 is 26.9 Å². The van der Waals surface area contributed by atoms with E-state index in [1.165, 1.54) is 6.26 Å². The first-order valence-electron chi connectivity index (χ1n) is 11.2. The fourth-order valence-electron chi connectivity index (χ4n) is 4.73. The van der Waals surface area contributed by atoms with Crippen molar-refractivity contribution in [2.24, 2.45) is 0 Å². The third kappa shape index (κ3) is 4.42. The lowest BCUT2D eigenvalue weighted by molar-refractivity contribution is 0.137. The number of hydrogen-bond acceptors (Lipinski definition) is 5. The molecule has 174 valence electrons. The van der Waals surface area contributed by atoms with Gasteiger partial charge in [-0.3, -0.25) is 0 Å². The molecule has 1 saturated heterocycles. The van der Waals surface area contributed by atoms with Gasteiger partial charge in [0, 0.05) is 24.9 Å². The molecule has 2 amide bonds. The Hall–Kier alpha value is -3.07. The number of urea groups is 1. The Morgan fingerprint density at radius 3 is 2.55 bits per heavy atom. The van der Waals surface area contributed by atoms with E-state index in [9.17, 15) is 13.2 Å². The van der Waals surface area contributed by atoms with Crippen LogP contribution in [0.4, 0.5) is 4.79 Å². The zero-order valence-electron chi connectivity index (χ0n) is 18.9. The number of imidazole rings is 1. The standard InChI is InChI=1S/C24H28N4O4S/c1-16-25-21-5-3-18(14-22(21)26-16)17-4-6-23-19(13-17)15-28(11-12-32-23)24(29)27-9-7-20(8-10-27)33(2,30)31/h3-6,13-14,20H,7-12,15H2,1-2H3,(H,25,26). The normalized spacial score (nSPS) is 17.5. The van der Waals surface area contributed by atoms with Crippen LogP contribution in [0.25, 0.3) is 22.2 Å². The second-order valence-corrected chi connectivity index (χ2v) is 11.3. The van der Waals surface area contributed by atoms with E-state index in [4.69, 9.17) is 4.74 Å².